The molecule has 7 heteroatoms. The Morgan fingerprint density at radius 2 is 1.87 bits per heavy atom. The zero-order chi connectivity index (χ0) is 27.3. The molecule has 6 nitrogen and oxygen atoms in total. The molecule has 6 rings (SSSR count). The Bertz CT molecular complexity index is 1190. The SMILES string of the molecule is CCc1nn(CC)c(C2CCN(C[C@@H]3CN(CC4(C(=O)O)C[C@H]5C[C@H]5C4)C[C@@H]3c3cccc(F)c3)CC2)c1C. The second kappa shape index (κ2) is 10.6. The Kier molecular flexibility index (Phi) is 7.34. The average molecular weight is 537 g/mol. The molecule has 39 heavy (non-hydrogen) atoms. The summed E-state index contributed by atoms with van der Waals surface area (Å²) in [4.78, 5) is 17.4. The Balaban J connectivity index is 1.15. The fourth-order valence-electron chi connectivity index (χ4n) is 8.52. The third-order valence-corrected chi connectivity index (χ3v) is 10.6. The van der Waals surface area contributed by atoms with Crippen molar-refractivity contribution in [1.29, 1.82) is 0 Å². The molecule has 2 aliphatic heterocycles. The topological polar surface area (TPSA) is 61.6 Å². The van der Waals surface area contributed by atoms with Gasteiger partial charge >= 0.3 is 5.97 Å². The summed E-state index contributed by atoms with van der Waals surface area (Å²) in [7, 11) is 0. The molecule has 3 heterocycles. The van der Waals surface area contributed by atoms with Crippen LogP contribution in [-0.2, 0) is 17.8 Å². The molecule has 2 aromatic rings. The average Bonchev–Trinajstić information content (AvgIpc) is 3.22. The van der Waals surface area contributed by atoms with Crippen LogP contribution in [0.5, 0.6) is 0 Å². The van der Waals surface area contributed by atoms with Crippen molar-refractivity contribution in [3.63, 3.8) is 0 Å². The smallest absolute Gasteiger partial charge is 0.310 e. The van der Waals surface area contributed by atoms with Gasteiger partial charge in [-0.3, -0.25) is 9.48 Å². The van der Waals surface area contributed by atoms with E-state index in [9.17, 15) is 14.3 Å². The predicted octanol–water partition coefficient (Wildman–Crippen LogP) is 5.31. The van der Waals surface area contributed by atoms with Gasteiger partial charge in [-0.15, -0.1) is 0 Å². The molecule has 2 aliphatic carbocycles. The van der Waals surface area contributed by atoms with E-state index >= 15 is 0 Å². The standard InChI is InChI=1S/C32H45FN4O2/c1-4-29-21(3)30(37(5-2)34-29)22-9-11-35(12-10-22)17-26-18-36(19-28(26)23-7-6-8-27(33)14-23)20-32(31(38)39)15-24-13-25(24)16-32/h6-8,14,22,24-26,28H,4-5,9-13,15-20H2,1-3H3,(H,38,39)/t24-,25+,26-,28-,32?/m1/s1. The number of hydrogen-bond donors (Lipinski definition) is 1. The van der Waals surface area contributed by atoms with Crippen LogP contribution in [0, 0.1) is 35.9 Å². The summed E-state index contributed by atoms with van der Waals surface area (Å²) in [5.74, 6) is 1.61. The van der Waals surface area contributed by atoms with Gasteiger partial charge in [0.05, 0.1) is 11.1 Å². The number of piperidine rings is 1. The highest BCUT2D eigenvalue weighted by molar-refractivity contribution is 5.76. The number of carboxylic acids is 1. The molecule has 4 fully saturated rings. The number of carbonyl (C=O) groups is 1. The van der Waals surface area contributed by atoms with Gasteiger partial charge in [-0.25, -0.2) is 4.39 Å². The first-order valence-corrected chi connectivity index (χ1v) is 15.3. The first-order valence-electron chi connectivity index (χ1n) is 15.3. The van der Waals surface area contributed by atoms with Crippen LogP contribution in [0.3, 0.4) is 0 Å². The van der Waals surface area contributed by atoms with Gasteiger partial charge < -0.3 is 14.9 Å². The van der Waals surface area contributed by atoms with Gasteiger partial charge in [0.15, 0.2) is 0 Å². The number of benzene rings is 1. The molecular weight excluding hydrogens is 491 g/mol. The van der Waals surface area contributed by atoms with E-state index in [4.69, 9.17) is 5.10 Å². The van der Waals surface area contributed by atoms with Crippen LogP contribution in [0.4, 0.5) is 4.39 Å². The molecule has 1 N–H and O–H groups in total. The molecule has 5 atom stereocenters. The van der Waals surface area contributed by atoms with E-state index in [1.807, 2.05) is 6.07 Å². The van der Waals surface area contributed by atoms with Gasteiger partial charge in [-0.1, -0.05) is 19.1 Å². The summed E-state index contributed by atoms with van der Waals surface area (Å²) in [6.07, 6.45) is 6.15. The number of hydrogen-bond acceptors (Lipinski definition) is 4. The zero-order valence-electron chi connectivity index (χ0n) is 23.9. The van der Waals surface area contributed by atoms with Gasteiger partial charge in [0.1, 0.15) is 5.82 Å². The Labute approximate surface area is 232 Å². The summed E-state index contributed by atoms with van der Waals surface area (Å²) in [5, 5.41) is 15.1. The number of nitrogens with zero attached hydrogens (tertiary/aromatic N) is 4. The maximum atomic E-state index is 14.3. The number of aromatic nitrogens is 2. The van der Waals surface area contributed by atoms with Gasteiger partial charge in [0.2, 0.25) is 0 Å². The van der Waals surface area contributed by atoms with Crippen LogP contribution in [0.15, 0.2) is 24.3 Å². The first kappa shape index (κ1) is 26.9. The van der Waals surface area contributed by atoms with Gasteiger partial charge in [-0.2, -0.15) is 5.10 Å². The lowest BCUT2D eigenvalue weighted by atomic mass is 9.82. The van der Waals surface area contributed by atoms with E-state index in [0.717, 1.165) is 76.9 Å². The number of rotatable bonds is 9. The van der Waals surface area contributed by atoms with E-state index in [2.05, 4.69) is 41.3 Å². The summed E-state index contributed by atoms with van der Waals surface area (Å²) in [6, 6.07) is 7.11. The highest BCUT2D eigenvalue weighted by Crippen LogP contribution is 2.60. The summed E-state index contributed by atoms with van der Waals surface area (Å²) in [6.45, 7) is 13.0. The normalized spacial score (nSPS) is 31.6. The van der Waals surface area contributed by atoms with E-state index in [-0.39, 0.29) is 11.7 Å². The van der Waals surface area contributed by atoms with Crippen LogP contribution in [0.2, 0.25) is 0 Å². The lowest BCUT2D eigenvalue weighted by Gasteiger charge is -2.35. The molecule has 2 saturated heterocycles. The van der Waals surface area contributed by atoms with E-state index in [0.29, 0.717) is 30.2 Å². The van der Waals surface area contributed by atoms with Crippen molar-refractivity contribution in [3.05, 3.63) is 52.6 Å². The molecule has 1 unspecified atom stereocenters. The number of likely N-dealkylation sites (tertiary alicyclic amines) is 2. The van der Waals surface area contributed by atoms with Crippen molar-refractivity contribution in [2.45, 2.75) is 77.7 Å². The van der Waals surface area contributed by atoms with Gasteiger partial charge in [0.25, 0.3) is 0 Å². The molecule has 0 bridgehead atoms. The summed E-state index contributed by atoms with van der Waals surface area (Å²) in [5.41, 5.74) is 4.52. The highest BCUT2D eigenvalue weighted by atomic mass is 19.1. The fraction of sp³-hybridized carbons (Fsp3) is 0.688. The van der Waals surface area contributed by atoms with Crippen LogP contribution in [-0.4, -0.2) is 69.9 Å². The molecule has 212 valence electrons. The Morgan fingerprint density at radius 3 is 2.51 bits per heavy atom. The van der Waals surface area contributed by atoms with Crippen LogP contribution >= 0.6 is 0 Å². The number of aliphatic carboxylic acids is 1. The largest absolute Gasteiger partial charge is 0.481 e. The van der Waals surface area contributed by atoms with E-state index < -0.39 is 11.4 Å². The van der Waals surface area contributed by atoms with Gasteiger partial charge in [-0.05, 0) is 106 Å². The lowest BCUT2D eigenvalue weighted by molar-refractivity contribution is -0.150. The highest BCUT2D eigenvalue weighted by Gasteiger charge is 2.58. The van der Waals surface area contributed by atoms with Crippen LogP contribution in [0.25, 0.3) is 0 Å². The second-order valence-corrected chi connectivity index (χ2v) is 13.1. The van der Waals surface area contributed by atoms with Crippen molar-refractivity contribution in [3.8, 4) is 0 Å². The van der Waals surface area contributed by atoms with Crippen molar-refractivity contribution in [1.82, 2.24) is 19.6 Å². The minimum Gasteiger partial charge on any atom is -0.481 e. The maximum absolute atomic E-state index is 14.3. The van der Waals surface area contributed by atoms with Gasteiger partial charge in [0, 0.05) is 50.3 Å². The number of halogens is 1. The fourth-order valence-corrected chi connectivity index (χ4v) is 8.52. The van der Waals surface area contributed by atoms with Crippen molar-refractivity contribution in [2.24, 2.45) is 23.2 Å². The molecule has 1 aromatic carbocycles. The number of fused-ring (bicyclic) bond motifs is 1. The van der Waals surface area contributed by atoms with Crippen molar-refractivity contribution >= 4 is 5.97 Å². The number of aryl methyl sites for hydroxylation is 2. The zero-order valence-corrected chi connectivity index (χ0v) is 23.9. The molecule has 4 aliphatic rings. The molecule has 1 aromatic heterocycles. The lowest BCUT2D eigenvalue weighted by Crippen LogP contribution is -2.42. The molecule has 0 spiro atoms. The van der Waals surface area contributed by atoms with Crippen LogP contribution < -0.4 is 0 Å². The summed E-state index contributed by atoms with van der Waals surface area (Å²) >= 11 is 0. The maximum Gasteiger partial charge on any atom is 0.310 e. The minimum atomic E-state index is -0.615. The first-order chi connectivity index (χ1) is 18.8. The van der Waals surface area contributed by atoms with Crippen LogP contribution in [0.1, 0.15) is 80.3 Å². The predicted molar refractivity (Wildman–Crippen MR) is 150 cm³/mol. The van der Waals surface area contributed by atoms with E-state index in [1.54, 1.807) is 6.07 Å². The molecule has 0 amide bonds. The Hall–Kier alpha value is -2.25. The number of carboxylic acid groups (broad SMARTS) is 1. The summed E-state index contributed by atoms with van der Waals surface area (Å²) < 4.78 is 16.5. The third kappa shape index (κ3) is 5.17. The van der Waals surface area contributed by atoms with Crippen molar-refractivity contribution in [2.75, 3.05) is 39.3 Å². The van der Waals surface area contributed by atoms with E-state index in [1.165, 1.54) is 29.4 Å². The molecule has 2 saturated carbocycles. The minimum absolute atomic E-state index is 0.183. The third-order valence-electron chi connectivity index (χ3n) is 10.6. The van der Waals surface area contributed by atoms with Crippen molar-refractivity contribution < 1.29 is 14.3 Å². The second-order valence-electron chi connectivity index (χ2n) is 13.1. The Morgan fingerprint density at radius 1 is 1.13 bits per heavy atom. The monoisotopic (exact) mass is 536 g/mol. The molecular formula is C32H45FN4O2. The molecule has 0 radical (unpaired) electrons. The quantitative estimate of drug-likeness (QED) is 0.471.